The SMILES string of the molecule is CCCCCCCCCCCCCCCCCC(=O)O.N.O=C(O)O.[Zn]. The second kappa shape index (κ2) is 29.1. The Labute approximate surface area is 172 Å². The molecule has 0 saturated heterocycles. The average molecular weight is 429 g/mol. The summed E-state index contributed by atoms with van der Waals surface area (Å²) in [4.78, 5) is 18.9. The van der Waals surface area contributed by atoms with Gasteiger partial charge in [0.2, 0.25) is 0 Å². The maximum Gasteiger partial charge on any atom is 0.503 e. The number of aliphatic carboxylic acids is 1. The molecule has 0 aliphatic heterocycles. The fourth-order valence-corrected chi connectivity index (χ4v) is 2.65. The smallest absolute Gasteiger partial charge is 0.481 e. The van der Waals surface area contributed by atoms with Crippen molar-refractivity contribution in [1.82, 2.24) is 6.15 Å². The van der Waals surface area contributed by atoms with Crippen LogP contribution in [-0.4, -0.2) is 27.4 Å². The van der Waals surface area contributed by atoms with Crippen molar-refractivity contribution in [3.63, 3.8) is 0 Å². The Kier molecular flexibility index (Phi) is 36.9. The van der Waals surface area contributed by atoms with Gasteiger partial charge in [-0.3, -0.25) is 4.79 Å². The third kappa shape index (κ3) is 43.6. The van der Waals surface area contributed by atoms with Crippen LogP contribution in [0.3, 0.4) is 0 Å². The standard InChI is InChI=1S/C18H36O2.CH2O3.H3N.Zn/c1-2-3-4-5-6-7-8-9-10-11-12-13-14-15-16-17-18(19)20;2-1(3)4;;/h2-17H2,1H3,(H,19,20);(H2,2,3,4);1H3;. The zero-order valence-electron chi connectivity index (χ0n) is 16.9. The first-order chi connectivity index (χ1) is 11.5. The quantitative estimate of drug-likeness (QED) is 0.159. The number of unbranched alkanes of at least 4 members (excludes halogenated alkanes) is 14. The van der Waals surface area contributed by atoms with Crippen molar-refractivity contribution >= 4 is 12.1 Å². The van der Waals surface area contributed by atoms with Crippen LogP contribution in [0.25, 0.3) is 0 Å². The van der Waals surface area contributed by atoms with Crippen LogP contribution >= 0.6 is 0 Å². The summed E-state index contributed by atoms with van der Waals surface area (Å²) < 4.78 is 0. The van der Waals surface area contributed by atoms with Crippen molar-refractivity contribution < 1.29 is 44.4 Å². The molecule has 0 saturated carbocycles. The second-order valence-corrected chi connectivity index (χ2v) is 6.38. The molecular weight excluding hydrogens is 388 g/mol. The van der Waals surface area contributed by atoms with E-state index in [2.05, 4.69) is 6.92 Å². The monoisotopic (exact) mass is 427 g/mol. The Morgan fingerprint density at radius 1 is 0.577 bits per heavy atom. The van der Waals surface area contributed by atoms with Crippen molar-refractivity contribution in [1.29, 1.82) is 0 Å². The minimum atomic E-state index is -1.83. The molecule has 0 amide bonds. The molecule has 0 atom stereocenters. The molecule has 7 heteroatoms. The molecule has 0 unspecified atom stereocenters. The molecule has 26 heavy (non-hydrogen) atoms. The van der Waals surface area contributed by atoms with Crippen LogP contribution in [0.2, 0.25) is 0 Å². The molecule has 0 heterocycles. The van der Waals surface area contributed by atoms with Gasteiger partial charge in [-0.15, -0.1) is 0 Å². The Bertz CT molecular complexity index is 287. The summed E-state index contributed by atoms with van der Waals surface area (Å²) in [5.74, 6) is -0.653. The van der Waals surface area contributed by atoms with Gasteiger partial charge in [-0.1, -0.05) is 96.8 Å². The molecule has 0 rings (SSSR count). The van der Waals surface area contributed by atoms with Crippen LogP contribution in [0.1, 0.15) is 110 Å². The molecule has 6 nitrogen and oxygen atoms in total. The van der Waals surface area contributed by atoms with Gasteiger partial charge in [0.05, 0.1) is 0 Å². The molecule has 0 aromatic heterocycles. The number of hydrogen-bond acceptors (Lipinski definition) is 3. The fraction of sp³-hybridized carbons (Fsp3) is 0.895. The zero-order valence-corrected chi connectivity index (χ0v) is 19.9. The largest absolute Gasteiger partial charge is 0.503 e. The van der Waals surface area contributed by atoms with Gasteiger partial charge in [0.1, 0.15) is 0 Å². The first kappa shape index (κ1) is 33.0. The summed E-state index contributed by atoms with van der Waals surface area (Å²) in [6.45, 7) is 2.27. The first-order valence-corrected chi connectivity index (χ1v) is 9.64. The summed E-state index contributed by atoms with van der Waals surface area (Å²) in [7, 11) is 0. The van der Waals surface area contributed by atoms with E-state index in [1.807, 2.05) is 0 Å². The van der Waals surface area contributed by atoms with Gasteiger partial charge in [0, 0.05) is 25.9 Å². The van der Waals surface area contributed by atoms with Crippen molar-refractivity contribution in [3.8, 4) is 0 Å². The van der Waals surface area contributed by atoms with E-state index in [0.29, 0.717) is 6.42 Å². The minimum absolute atomic E-state index is 0. The molecule has 0 bridgehead atoms. The average Bonchev–Trinajstić information content (AvgIpc) is 2.50. The van der Waals surface area contributed by atoms with E-state index in [9.17, 15) is 4.79 Å². The Morgan fingerprint density at radius 2 is 0.808 bits per heavy atom. The number of carboxylic acid groups (broad SMARTS) is 3. The Hall–Kier alpha value is -0.677. The van der Waals surface area contributed by atoms with Gasteiger partial charge in [0.15, 0.2) is 0 Å². The third-order valence-corrected chi connectivity index (χ3v) is 3.99. The van der Waals surface area contributed by atoms with Gasteiger partial charge in [-0.25, -0.2) is 4.79 Å². The minimum Gasteiger partial charge on any atom is -0.481 e. The first-order valence-electron chi connectivity index (χ1n) is 9.64. The van der Waals surface area contributed by atoms with Gasteiger partial charge in [-0.2, -0.15) is 0 Å². The van der Waals surface area contributed by atoms with E-state index in [1.165, 1.54) is 83.5 Å². The predicted octanol–water partition coefficient (Wildman–Crippen LogP) is 6.71. The maximum absolute atomic E-state index is 10.3. The van der Waals surface area contributed by atoms with Crippen LogP contribution in [0.5, 0.6) is 0 Å². The molecule has 0 aromatic rings. The van der Waals surface area contributed by atoms with Crippen molar-refractivity contribution in [2.75, 3.05) is 0 Å². The summed E-state index contributed by atoms with van der Waals surface area (Å²) in [5, 5.41) is 22.5. The van der Waals surface area contributed by atoms with Gasteiger partial charge in [0.25, 0.3) is 0 Å². The molecule has 6 N–H and O–H groups in total. The van der Waals surface area contributed by atoms with Crippen LogP contribution in [0.4, 0.5) is 4.79 Å². The van der Waals surface area contributed by atoms with Crippen molar-refractivity contribution in [2.24, 2.45) is 0 Å². The molecular formula is C19H41NO5Zn. The number of hydrogen-bond donors (Lipinski definition) is 4. The number of carboxylic acids is 1. The van der Waals surface area contributed by atoms with E-state index in [0.717, 1.165) is 12.8 Å². The Morgan fingerprint density at radius 3 is 1.04 bits per heavy atom. The van der Waals surface area contributed by atoms with E-state index in [1.54, 1.807) is 0 Å². The molecule has 0 fully saturated rings. The zero-order chi connectivity index (χ0) is 18.5. The Balaban J connectivity index is -0.000000363. The summed E-state index contributed by atoms with van der Waals surface area (Å²) in [5.41, 5.74) is 0. The topological polar surface area (TPSA) is 130 Å². The second-order valence-electron chi connectivity index (χ2n) is 6.38. The van der Waals surface area contributed by atoms with Crippen LogP contribution in [-0.2, 0) is 24.3 Å². The molecule has 0 aliphatic rings. The fourth-order valence-electron chi connectivity index (χ4n) is 2.65. The molecule has 0 aromatic carbocycles. The van der Waals surface area contributed by atoms with Crippen molar-refractivity contribution in [2.45, 2.75) is 110 Å². The van der Waals surface area contributed by atoms with E-state index in [-0.39, 0.29) is 25.6 Å². The molecule has 0 radical (unpaired) electrons. The van der Waals surface area contributed by atoms with Gasteiger partial charge >= 0.3 is 12.1 Å². The summed E-state index contributed by atoms with van der Waals surface area (Å²) in [6.07, 6.45) is 18.4. The van der Waals surface area contributed by atoms with Crippen LogP contribution < -0.4 is 6.15 Å². The maximum atomic E-state index is 10.3. The van der Waals surface area contributed by atoms with Crippen molar-refractivity contribution in [3.05, 3.63) is 0 Å². The molecule has 0 aliphatic carbocycles. The van der Waals surface area contributed by atoms with Crippen LogP contribution in [0, 0.1) is 0 Å². The van der Waals surface area contributed by atoms with E-state index in [4.69, 9.17) is 20.1 Å². The van der Waals surface area contributed by atoms with E-state index >= 15 is 0 Å². The van der Waals surface area contributed by atoms with Gasteiger partial charge < -0.3 is 21.5 Å². The molecule has 154 valence electrons. The summed E-state index contributed by atoms with van der Waals surface area (Å²) in [6, 6.07) is 0. The van der Waals surface area contributed by atoms with Crippen LogP contribution in [0.15, 0.2) is 0 Å². The third-order valence-electron chi connectivity index (χ3n) is 3.99. The van der Waals surface area contributed by atoms with E-state index < -0.39 is 12.1 Å². The van der Waals surface area contributed by atoms with Gasteiger partial charge in [-0.05, 0) is 6.42 Å². The predicted molar refractivity (Wildman–Crippen MR) is 103 cm³/mol. The number of rotatable bonds is 16. The number of carbonyl (C=O) groups is 2. The summed E-state index contributed by atoms with van der Waals surface area (Å²) >= 11 is 0. The molecule has 0 spiro atoms. The normalized spacial score (nSPS) is 9.27.